The number of nitrogen functional groups attached to an aromatic ring is 1. The molecule has 0 unspecified atom stereocenters. The van der Waals surface area contributed by atoms with Gasteiger partial charge in [0, 0.05) is 13.4 Å². The van der Waals surface area contributed by atoms with E-state index in [9.17, 15) is 0 Å². The largest absolute Gasteiger partial charge is 0.323 e. The molecule has 0 radical (unpaired) electrons. The fourth-order valence-electron chi connectivity index (χ4n) is 0.633. The molecule has 1 aromatic carbocycles. The molecule has 11 heavy (non-hydrogen) atoms. The summed E-state index contributed by atoms with van der Waals surface area (Å²) in [7, 11) is 0. The normalized spacial score (nSPS) is 9.82. The zero-order valence-corrected chi connectivity index (χ0v) is 10.1. The fraction of sp³-hybridized carbons (Fsp3) is 0. The summed E-state index contributed by atoms with van der Waals surface area (Å²) in [5.41, 5.74) is 3.41. The first-order valence-electron chi connectivity index (χ1n) is 2.76. The van der Waals surface area contributed by atoms with E-state index in [1.165, 1.54) is 0 Å². The van der Waals surface area contributed by atoms with Crippen LogP contribution in [0.5, 0.6) is 0 Å². The van der Waals surface area contributed by atoms with E-state index in [0.717, 1.165) is 19.1 Å². The highest BCUT2D eigenvalue weighted by Gasteiger charge is 2.02. The first-order chi connectivity index (χ1) is 5.15. The Morgan fingerprint density at radius 2 is 1.55 bits per heavy atom. The minimum atomic E-state index is 0.847. The topological polar surface area (TPSA) is 38.0 Å². The van der Waals surface area contributed by atoms with Gasteiger partial charge in [-0.3, -0.25) is 5.84 Å². The van der Waals surface area contributed by atoms with Crippen LogP contribution in [-0.4, -0.2) is 0 Å². The number of hydrogen-bond donors (Lipinski definition) is 2. The smallest absolute Gasteiger partial charge is 0.0639 e. The van der Waals surface area contributed by atoms with E-state index in [-0.39, 0.29) is 0 Å². The Labute approximate surface area is 89.9 Å². The molecule has 0 spiro atoms. The summed E-state index contributed by atoms with van der Waals surface area (Å²) in [6.07, 6.45) is 0. The van der Waals surface area contributed by atoms with E-state index in [2.05, 4.69) is 53.2 Å². The zero-order chi connectivity index (χ0) is 8.43. The molecule has 60 valence electrons. The number of halogens is 3. The Balaban J connectivity index is 3.21. The van der Waals surface area contributed by atoms with Crippen molar-refractivity contribution in [3.8, 4) is 0 Å². The molecule has 0 amide bonds. The van der Waals surface area contributed by atoms with E-state index >= 15 is 0 Å². The van der Waals surface area contributed by atoms with Crippen molar-refractivity contribution in [2.45, 2.75) is 0 Å². The van der Waals surface area contributed by atoms with Gasteiger partial charge in [-0.05, 0) is 59.9 Å². The Morgan fingerprint density at radius 3 is 2.09 bits per heavy atom. The average Bonchev–Trinajstić information content (AvgIpc) is 1.97. The predicted molar refractivity (Wildman–Crippen MR) is 57.4 cm³/mol. The van der Waals surface area contributed by atoms with E-state index in [4.69, 9.17) is 5.84 Å². The van der Waals surface area contributed by atoms with Crippen LogP contribution in [0.15, 0.2) is 25.6 Å². The third kappa shape index (κ3) is 2.18. The third-order valence-corrected chi connectivity index (χ3v) is 3.67. The summed E-state index contributed by atoms with van der Waals surface area (Å²) in [5.74, 6) is 5.25. The molecule has 0 aromatic heterocycles. The molecule has 0 saturated carbocycles. The second-order valence-electron chi connectivity index (χ2n) is 1.89. The number of nitrogens with two attached hydrogens (primary N) is 1. The predicted octanol–water partition coefficient (Wildman–Crippen LogP) is 3.26. The lowest BCUT2D eigenvalue weighted by Crippen LogP contribution is -2.07. The Kier molecular flexibility index (Phi) is 3.36. The van der Waals surface area contributed by atoms with Crippen LogP contribution in [0, 0.1) is 0 Å². The van der Waals surface area contributed by atoms with Gasteiger partial charge in [0.05, 0.1) is 5.69 Å². The quantitative estimate of drug-likeness (QED) is 0.466. The number of anilines is 1. The molecule has 0 heterocycles. The summed E-state index contributed by atoms with van der Waals surface area (Å²) >= 11 is 10.1. The minimum absolute atomic E-state index is 0.847. The van der Waals surface area contributed by atoms with Gasteiger partial charge < -0.3 is 5.43 Å². The molecule has 0 fully saturated rings. The van der Waals surface area contributed by atoms with E-state index in [0.29, 0.717) is 0 Å². The second kappa shape index (κ2) is 3.89. The van der Waals surface area contributed by atoms with Gasteiger partial charge in [0.25, 0.3) is 0 Å². The first kappa shape index (κ1) is 9.51. The van der Waals surface area contributed by atoms with Crippen LogP contribution in [0.1, 0.15) is 0 Å². The van der Waals surface area contributed by atoms with Gasteiger partial charge in [0.1, 0.15) is 0 Å². The average molecular weight is 345 g/mol. The molecule has 1 rings (SSSR count). The molecule has 3 N–H and O–H groups in total. The van der Waals surface area contributed by atoms with Crippen molar-refractivity contribution in [3.05, 3.63) is 25.6 Å². The van der Waals surface area contributed by atoms with Gasteiger partial charge >= 0.3 is 0 Å². The van der Waals surface area contributed by atoms with Crippen molar-refractivity contribution in [1.82, 2.24) is 0 Å². The van der Waals surface area contributed by atoms with Crippen LogP contribution in [0.2, 0.25) is 0 Å². The number of nitrogens with one attached hydrogen (secondary N) is 1. The van der Waals surface area contributed by atoms with E-state index < -0.39 is 0 Å². The molecule has 0 aliphatic carbocycles. The van der Waals surface area contributed by atoms with Gasteiger partial charge in [-0.25, -0.2) is 0 Å². The van der Waals surface area contributed by atoms with Crippen LogP contribution in [0.25, 0.3) is 0 Å². The van der Waals surface area contributed by atoms with Gasteiger partial charge in [-0.1, -0.05) is 0 Å². The molecule has 1 aromatic rings. The van der Waals surface area contributed by atoms with E-state index in [1.54, 1.807) is 0 Å². The van der Waals surface area contributed by atoms with Crippen LogP contribution >= 0.6 is 47.8 Å². The van der Waals surface area contributed by atoms with Crippen molar-refractivity contribution in [1.29, 1.82) is 0 Å². The highest BCUT2D eigenvalue weighted by molar-refractivity contribution is 9.13. The highest BCUT2D eigenvalue weighted by Crippen LogP contribution is 2.32. The molecule has 0 atom stereocenters. The minimum Gasteiger partial charge on any atom is -0.323 e. The molecule has 2 nitrogen and oxygen atoms in total. The number of benzene rings is 1. The van der Waals surface area contributed by atoms with Crippen molar-refractivity contribution < 1.29 is 0 Å². The monoisotopic (exact) mass is 342 g/mol. The Bertz CT molecular complexity index is 275. The Morgan fingerprint density at radius 1 is 1.00 bits per heavy atom. The lowest BCUT2D eigenvalue weighted by molar-refractivity contribution is 1.33. The number of rotatable bonds is 1. The Hall–Kier alpha value is 0.420. The molecule has 5 heteroatoms. The van der Waals surface area contributed by atoms with Gasteiger partial charge in [-0.15, -0.1) is 0 Å². The van der Waals surface area contributed by atoms with Crippen LogP contribution in [-0.2, 0) is 0 Å². The second-order valence-corrected chi connectivity index (χ2v) is 4.45. The van der Waals surface area contributed by atoms with Crippen LogP contribution in [0.3, 0.4) is 0 Å². The molecule has 0 aliphatic rings. The van der Waals surface area contributed by atoms with Crippen molar-refractivity contribution in [3.63, 3.8) is 0 Å². The third-order valence-electron chi connectivity index (χ3n) is 1.17. The maximum absolute atomic E-state index is 5.25. The zero-order valence-electron chi connectivity index (χ0n) is 5.37. The molecule has 0 saturated heterocycles. The molecule has 0 aliphatic heterocycles. The maximum Gasteiger partial charge on any atom is 0.0639 e. The summed E-state index contributed by atoms with van der Waals surface area (Å²) in [6, 6.07) is 3.80. The van der Waals surface area contributed by atoms with Crippen molar-refractivity contribution in [2.75, 3.05) is 5.43 Å². The van der Waals surface area contributed by atoms with Gasteiger partial charge in [0.15, 0.2) is 0 Å². The number of hydrazine groups is 1. The molecule has 0 bridgehead atoms. The lowest BCUT2D eigenvalue weighted by Gasteiger charge is -2.04. The fourth-order valence-corrected chi connectivity index (χ4v) is 2.08. The van der Waals surface area contributed by atoms with Crippen LogP contribution < -0.4 is 11.3 Å². The molecular formula is C6H5Br3N2. The van der Waals surface area contributed by atoms with Gasteiger partial charge in [-0.2, -0.15) is 0 Å². The number of hydrogen-bond acceptors (Lipinski definition) is 2. The summed E-state index contributed by atoms with van der Waals surface area (Å²) < 4.78 is 2.88. The van der Waals surface area contributed by atoms with E-state index in [1.807, 2.05) is 12.1 Å². The van der Waals surface area contributed by atoms with Crippen LogP contribution in [0.4, 0.5) is 5.69 Å². The molecular weight excluding hydrogens is 340 g/mol. The summed E-state index contributed by atoms with van der Waals surface area (Å²) in [4.78, 5) is 0. The maximum atomic E-state index is 5.25. The van der Waals surface area contributed by atoms with Crippen molar-refractivity contribution in [2.24, 2.45) is 5.84 Å². The SMILES string of the molecule is NNc1cc(Br)c(Br)cc1Br. The first-order valence-corrected chi connectivity index (χ1v) is 5.14. The standard InChI is InChI=1S/C6H5Br3N2/c7-3-1-5(9)6(11-10)2-4(3)8/h1-2,11H,10H2. The highest BCUT2D eigenvalue weighted by atomic mass is 79.9. The summed E-state index contributed by atoms with van der Waals surface area (Å²) in [6.45, 7) is 0. The lowest BCUT2D eigenvalue weighted by atomic mass is 10.3. The van der Waals surface area contributed by atoms with Crippen molar-refractivity contribution >= 4 is 53.5 Å². The summed E-state index contributed by atoms with van der Waals surface area (Å²) in [5, 5.41) is 0. The van der Waals surface area contributed by atoms with Gasteiger partial charge in [0.2, 0.25) is 0 Å².